The molecule has 0 rings (SSSR count). The van der Waals surface area contributed by atoms with Gasteiger partial charge in [-0.3, -0.25) is 0 Å². The van der Waals surface area contributed by atoms with E-state index in [0.717, 1.165) is 0 Å². The van der Waals surface area contributed by atoms with E-state index in [4.69, 9.17) is 6.42 Å². The minimum Gasteiger partial charge on any atom is -0.120 e. The average molecular weight is 210 g/mol. The van der Waals surface area contributed by atoms with Crippen LogP contribution in [0.1, 0.15) is 47.0 Å². The maximum absolute atomic E-state index is 5.71. The molecule has 0 saturated carbocycles. The van der Waals surface area contributed by atoms with E-state index < -0.39 is 8.07 Å². The Hall–Kier alpha value is -0.223. The lowest BCUT2D eigenvalue weighted by Gasteiger charge is -2.34. The molecule has 0 N–H and O–H groups in total. The van der Waals surface area contributed by atoms with E-state index in [-0.39, 0.29) is 0 Å². The van der Waals surface area contributed by atoms with Crippen molar-refractivity contribution in [2.45, 2.75) is 70.6 Å². The minimum absolute atomic E-state index is 0.627. The lowest BCUT2D eigenvalue weighted by molar-refractivity contribution is 0.715. The van der Waals surface area contributed by atoms with Crippen LogP contribution in [0.3, 0.4) is 0 Å². The van der Waals surface area contributed by atoms with Crippen molar-refractivity contribution in [2.75, 3.05) is 0 Å². The zero-order chi connectivity index (χ0) is 11.0. The number of unbranched alkanes of at least 4 members (excludes halogenated alkanes) is 1. The molecule has 0 heterocycles. The highest BCUT2D eigenvalue weighted by atomic mass is 28.3. The van der Waals surface area contributed by atoms with Gasteiger partial charge in [-0.15, -0.1) is 12.3 Å². The molecule has 0 amide bonds. The Balaban J connectivity index is 4.51. The van der Waals surface area contributed by atoms with E-state index in [2.05, 4.69) is 33.6 Å². The monoisotopic (exact) mass is 210 g/mol. The maximum Gasteiger partial charge on any atom is 0.0695 e. The summed E-state index contributed by atoms with van der Waals surface area (Å²) < 4.78 is 0. The summed E-state index contributed by atoms with van der Waals surface area (Å²) in [5, 5.41) is 0. The van der Waals surface area contributed by atoms with Crippen LogP contribution in [0.15, 0.2) is 0 Å². The van der Waals surface area contributed by atoms with E-state index in [0.29, 0.717) is 5.54 Å². The molecule has 0 fully saturated rings. The van der Waals surface area contributed by atoms with Crippen LogP contribution in [-0.2, 0) is 0 Å². The van der Waals surface area contributed by atoms with Crippen molar-refractivity contribution in [3.8, 4) is 12.3 Å². The molecule has 0 spiro atoms. The third-order valence-corrected chi connectivity index (χ3v) is 10.1. The SMILES string of the molecule is C#CC(CCCC)[Si](CC)(CC)CC. The van der Waals surface area contributed by atoms with Gasteiger partial charge >= 0.3 is 0 Å². The van der Waals surface area contributed by atoms with Crippen molar-refractivity contribution < 1.29 is 0 Å². The minimum atomic E-state index is -1.12. The number of rotatable bonds is 7. The van der Waals surface area contributed by atoms with E-state index >= 15 is 0 Å². The molecule has 0 aromatic heterocycles. The van der Waals surface area contributed by atoms with Gasteiger partial charge < -0.3 is 0 Å². The molecule has 0 aliphatic rings. The van der Waals surface area contributed by atoms with Gasteiger partial charge in [0.25, 0.3) is 0 Å². The van der Waals surface area contributed by atoms with Gasteiger partial charge in [0.1, 0.15) is 0 Å². The van der Waals surface area contributed by atoms with Crippen molar-refractivity contribution in [2.24, 2.45) is 0 Å². The van der Waals surface area contributed by atoms with E-state index in [9.17, 15) is 0 Å². The van der Waals surface area contributed by atoms with Gasteiger partial charge in [-0.25, -0.2) is 0 Å². The molecule has 14 heavy (non-hydrogen) atoms. The van der Waals surface area contributed by atoms with E-state index in [1.165, 1.54) is 37.4 Å². The highest BCUT2D eigenvalue weighted by molar-refractivity contribution is 6.81. The Labute approximate surface area is 91.5 Å². The molecule has 0 aromatic carbocycles. The normalized spacial score (nSPS) is 13.6. The van der Waals surface area contributed by atoms with Gasteiger partial charge in [0, 0.05) is 5.54 Å². The molecule has 1 atom stereocenters. The largest absolute Gasteiger partial charge is 0.120 e. The fraction of sp³-hybridized carbons (Fsp3) is 0.846. The zero-order valence-electron chi connectivity index (χ0n) is 10.4. The van der Waals surface area contributed by atoms with Crippen LogP contribution >= 0.6 is 0 Å². The molecule has 0 bridgehead atoms. The quantitative estimate of drug-likeness (QED) is 0.422. The number of hydrogen-bond acceptors (Lipinski definition) is 0. The molecule has 1 heteroatoms. The van der Waals surface area contributed by atoms with Crippen molar-refractivity contribution in [3.63, 3.8) is 0 Å². The summed E-state index contributed by atoms with van der Waals surface area (Å²) in [6.07, 6.45) is 9.57. The zero-order valence-corrected chi connectivity index (χ0v) is 11.4. The number of hydrogen-bond donors (Lipinski definition) is 0. The summed E-state index contributed by atoms with van der Waals surface area (Å²) in [6.45, 7) is 9.28. The van der Waals surface area contributed by atoms with Crippen LogP contribution in [0.4, 0.5) is 0 Å². The van der Waals surface area contributed by atoms with Crippen LogP contribution < -0.4 is 0 Å². The second kappa shape index (κ2) is 7.12. The van der Waals surface area contributed by atoms with Crippen LogP contribution in [0.2, 0.25) is 23.7 Å². The average Bonchev–Trinajstić information content (AvgIpc) is 2.25. The molecule has 0 aliphatic carbocycles. The Morgan fingerprint density at radius 1 is 1.07 bits per heavy atom. The summed E-state index contributed by atoms with van der Waals surface area (Å²) in [6, 6.07) is 4.08. The van der Waals surface area contributed by atoms with E-state index in [1.807, 2.05) is 0 Å². The van der Waals surface area contributed by atoms with Crippen LogP contribution in [0, 0.1) is 12.3 Å². The molecule has 1 unspecified atom stereocenters. The summed E-state index contributed by atoms with van der Waals surface area (Å²) in [4.78, 5) is 0. The standard InChI is InChI=1S/C13H26Si/c1-6-11-12-13(7-2)14(8-3,9-4)10-5/h2,13H,6,8-12H2,1,3-5H3. The third-order valence-electron chi connectivity index (χ3n) is 3.90. The molecule has 0 aliphatic heterocycles. The Morgan fingerprint density at radius 2 is 1.57 bits per heavy atom. The molecule has 0 aromatic rings. The summed E-state index contributed by atoms with van der Waals surface area (Å²) in [5.41, 5.74) is 0.627. The van der Waals surface area contributed by atoms with Crippen LogP contribution in [0.25, 0.3) is 0 Å². The molecular formula is C13H26Si. The van der Waals surface area contributed by atoms with Crippen molar-refractivity contribution in [3.05, 3.63) is 0 Å². The van der Waals surface area contributed by atoms with Gasteiger partial charge in [0.2, 0.25) is 0 Å². The molecular weight excluding hydrogens is 184 g/mol. The van der Waals surface area contributed by atoms with Crippen molar-refractivity contribution in [1.29, 1.82) is 0 Å². The van der Waals surface area contributed by atoms with E-state index in [1.54, 1.807) is 0 Å². The van der Waals surface area contributed by atoms with Gasteiger partial charge in [-0.05, 0) is 6.42 Å². The molecule has 0 radical (unpaired) electrons. The first kappa shape index (κ1) is 13.8. The van der Waals surface area contributed by atoms with Crippen LogP contribution in [-0.4, -0.2) is 8.07 Å². The van der Waals surface area contributed by atoms with Crippen LogP contribution in [0.5, 0.6) is 0 Å². The van der Waals surface area contributed by atoms with Crippen molar-refractivity contribution in [1.82, 2.24) is 0 Å². The summed E-state index contributed by atoms with van der Waals surface area (Å²) in [7, 11) is -1.12. The topological polar surface area (TPSA) is 0 Å². The summed E-state index contributed by atoms with van der Waals surface area (Å²) >= 11 is 0. The summed E-state index contributed by atoms with van der Waals surface area (Å²) in [5.74, 6) is 3.09. The second-order valence-corrected chi connectivity index (χ2v) is 9.83. The first-order chi connectivity index (χ1) is 6.70. The first-order valence-corrected chi connectivity index (χ1v) is 8.86. The Bertz CT molecular complexity index is 166. The lowest BCUT2D eigenvalue weighted by Crippen LogP contribution is -2.36. The smallest absolute Gasteiger partial charge is 0.0695 e. The maximum atomic E-state index is 5.71. The highest BCUT2D eigenvalue weighted by Gasteiger charge is 2.34. The van der Waals surface area contributed by atoms with Gasteiger partial charge in [-0.1, -0.05) is 58.7 Å². The second-order valence-electron chi connectivity index (χ2n) is 4.28. The fourth-order valence-electron chi connectivity index (χ4n) is 2.46. The lowest BCUT2D eigenvalue weighted by atomic mass is 10.2. The third kappa shape index (κ3) is 3.17. The van der Waals surface area contributed by atoms with Gasteiger partial charge in [0.05, 0.1) is 8.07 Å². The van der Waals surface area contributed by atoms with Crippen molar-refractivity contribution >= 4 is 8.07 Å². The predicted octanol–water partition coefficient (Wildman–Crippen LogP) is 4.69. The first-order valence-electron chi connectivity index (χ1n) is 6.16. The Kier molecular flexibility index (Phi) is 7.01. The molecule has 0 nitrogen and oxygen atoms in total. The van der Waals surface area contributed by atoms with Gasteiger partial charge in [0.15, 0.2) is 0 Å². The number of terminal acetylenes is 1. The highest BCUT2D eigenvalue weighted by Crippen LogP contribution is 2.36. The predicted molar refractivity (Wildman–Crippen MR) is 69.3 cm³/mol. The Morgan fingerprint density at radius 3 is 1.86 bits per heavy atom. The molecule has 82 valence electrons. The fourth-order valence-corrected chi connectivity index (χ4v) is 6.61. The van der Waals surface area contributed by atoms with Gasteiger partial charge in [-0.2, -0.15) is 0 Å². The molecule has 0 saturated heterocycles.